The van der Waals surface area contributed by atoms with Crippen LogP contribution < -0.4 is 0 Å². The lowest BCUT2D eigenvalue weighted by atomic mass is 10.1. The predicted octanol–water partition coefficient (Wildman–Crippen LogP) is 5.77. The third-order valence-corrected chi connectivity index (χ3v) is 8.78. The van der Waals surface area contributed by atoms with Crippen LogP contribution >= 0.6 is 11.3 Å². The Hall–Kier alpha value is -2.55. The normalized spacial score (nSPS) is 12.6. The quantitative estimate of drug-likeness (QED) is 0.325. The summed E-state index contributed by atoms with van der Waals surface area (Å²) in [4.78, 5) is 17.6. The van der Waals surface area contributed by atoms with Crippen molar-refractivity contribution in [1.29, 1.82) is 0 Å². The zero-order valence-electron chi connectivity index (χ0n) is 20.7. The molecule has 5 nitrogen and oxygen atoms in total. The summed E-state index contributed by atoms with van der Waals surface area (Å²) in [6, 6.07) is 16.7. The number of sulfonamides is 1. The number of aryl methyl sites for hydroxylation is 2. The summed E-state index contributed by atoms with van der Waals surface area (Å²) in [7, 11) is -3.86. The standard InChI is InChI=1S/C27H33FN2O3S2/c1-5-20(2)16-30(35(32,33)26-14-6-21(3)7-15-26)19-27(31)29(18-25-13-8-22(4)34-25)17-23-9-11-24(28)12-10-23/h6-15,20H,5,16-19H2,1-4H3/t20-/m1/s1. The molecular formula is C27H33FN2O3S2. The maximum atomic E-state index is 13.6. The van der Waals surface area contributed by atoms with E-state index in [4.69, 9.17) is 0 Å². The van der Waals surface area contributed by atoms with Gasteiger partial charge < -0.3 is 4.90 Å². The number of thiophene rings is 1. The fourth-order valence-electron chi connectivity index (χ4n) is 3.64. The van der Waals surface area contributed by atoms with E-state index < -0.39 is 10.0 Å². The Labute approximate surface area is 212 Å². The Bertz CT molecular complexity index is 1220. The van der Waals surface area contributed by atoms with Crippen LogP contribution in [0.5, 0.6) is 0 Å². The predicted molar refractivity (Wildman–Crippen MR) is 139 cm³/mol. The van der Waals surface area contributed by atoms with Gasteiger partial charge in [-0.2, -0.15) is 4.31 Å². The Morgan fingerprint density at radius 3 is 2.20 bits per heavy atom. The molecule has 8 heteroatoms. The molecular weight excluding hydrogens is 483 g/mol. The summed E-state index contributed by atoms with van der Waals surface area (Å²) in [5, 5.41) is 0. The lowest BCUT2D eigenvalue weighted by Crippen LogP contribution is -2.44. The molecule has 1 aromatic heterocycles. The van der Waals surface area contributed by atoms with E-state index >= 15 is 0 Å². The second kappa shape index (κ2) is 11.9. The number of halogens is 1. The zero-order valence-corrected chi connectivity index (χ0v) is 22.3. The largest absolute Gasteiger partial charge is 0.332 e. The lowest BCUT2D eigenvalue weighted by molar-refractivity contribution is -0.132. The van der Waals surface area contributed by atoms with Gasteiger partial charge in [-0.1, -0.05) is 50.1 Å². The van der Waals surface area contributed by atoms with Crippen LogP contribution in [-0.2, 0) is 27.9 Å². The summed E-state index contributed by atoms with van der Waals surface area (Å²) in [5.74, 6) is -0.544. The van der Waals surface area contributed by atoms with Crippen molar-refractivity contribution < 1.29 is 17.6 Å². The van der Waals surface area contributed by atoms with Crippen LogP contribution in [0, 0.1) is 25.6 Å². The molecule has 0 aliphatic rings. The van der Waals surface area contributed by atoms with Gasteiger partial charge in [0.2, 0.25) is 15.9 Å². The maximum absolute atomic E-state index is 13.6. The minimum Gasteiger partial charge on any atom is -0.332 e. The van der Waals surface area contributed by atoms with Crippen LogP contribution in [0.2, 0.25) is 0 Å². The molecule has 3 aromatic rings. The number of carbonyl (C=O) groups is 1. The number of amides is 1. The third kappa shape index (κ3) is 7.46. The van der Waals surface area contributed by atoms with Crippen molar-refractivity contribution in [2.24, 2.45) is 5.92 Å². The van der Waals surface area contributed by atoms with E-state index in [1.165, 1.54) is 16.4 Å². The lowest BCUT2D eigenvalue weighted by Gasteiger charge is -2.28. The summed E-state index contributed by atoms with van der Waals surface area (Å²) >= 11 is 1.60. The van der Waals surface area contributed by atoms with Crippen LogP contribution in [0.25, 0.3) is 0 Å². The van der Waals surface area contributed by atoms with Crippen molar-refractivity contribution in [3.05, 3.63) is 87.4 Å². The molecule has 1 heterocycles. The first-order chi connectivity index (χ1) is 16.6. The van der Waals surface area contributed by atoms with Gasteiger partial charge in [0.05, 0.1) is 18.0 Å². The molecule has 1 amide bonds. The van der Waals surface area contributed by atoms with Gasteiger partial charge in [0.1, 0.15) is 5.82 Å². The van der Waals surface area contributed by atoms with E-state index in [1.54, 1.807) is 52.6 Å². The van der Waals surface area contributed by atoms with Gasteiger partial charge in [0.25, 0.3) is 0 Å². The van der Waals surface area contributed by atoms with Crippen molar-refractivity contribution >= 4 is 27.3 Å². The molecule has 1 atom stereocenters. The molecule has 0 unspecified atom stereocenters. The number of benzene rings is 2. The Morgan fingerprint density at radius 1 is 0.971 bits per heavy atom. The maximum Gasteiger partial charge on any atom is 0.243 e. The van der Waals surface area contributed by atoms with E-state index in [-0.39, 0.29) is 42.2 Å². The van der Waals surface area contributed by atoms with Gasteiger partial charge in [-0.15, -0.1) is 11.3 Å². The van der Waals surface area contributed by atoms with E-state index in [0.29, 0.717) is 6.54 Å². The minimum absolute atomic E-state index is 0.0912. The molecule has 0 fully saturated rings. The third-order valence-electron chi connectivity index (χ3n) is 5.96. The second-order valence-electron chi connectivity index (χ2n) is 9.01. The number of hydrogen-bond donors (Lipinski definition) is 0. The van der Waals surface area contributed by atoms with Crippen molar-refractivity contribution in [3.63, 3.8) is 0 Å². The second-order valence-corrected chi connectivity index (χ2v) is 12.3. The molecule has 3 rings (SSSR count). The van der Waals surface area contributed by atoms with Crippen LogP contribution in [0.4, 0.5) is 4.39 Å². The van der Waals surface area contributed by atoms with Gasteiger partial charge in [-0.3, -0.25) is 4.79 Å². The number of hydrogen-bond acceptors (Lipinski definition) is 4. The fourth-order valence-corrected chi connectivity index (χ4v) is 6.05. The molecule has 0 aliphatic carbocycles. The topological polar surface area (TPSA) is 57.7 Å². The average molecular weight is 517 g/mol. The summed E-state index contributed by atoms with van der Waals surface area (Å²) in [5.41, 5.74) is 1.74. The average Bonchev–Trinajstić information content (AvgIpc) is 3.24. The summed E-state index contributed by atoms with van der Waals surface area (Å²) in [6.07, 6.45) is 0.794. The van der Waals surface area contributed by atoms with E-state index in [0.717, 1.165) is 27.3 Å². The highest BCUT2D eigenvalue weighted by Gasteiger charge is 2.29. The molecule has 0 bridgehead atoms. The van der Waals surface area contributed by atoms with Crippen molar-refractivity contribution in [2.75, 3.05) is 13.1 Å². The Morgan fingerprint density at radius 2 is 1.63 bits per heavy atom. The fraction of sp³-hybridized carbons (Fsp3) is 0.370. The van der Waals surface area contributed by atoms with Crippen LogP contribution in [0.15, 0.2) is 65.6 Å². The van der Waals surface area contributed by atoms with Gasteiger partial charge in [0.15, 0.2) is 0 Å². The monoisotopic (exact) mass is 516 g/mol. The SMILES string of the molecule is CC[C@@H](C)CN(CC(=O)N(Cc1ccc(F)cc1)Cc1ccc(C)s1)S(=O)(=O)c1ccc(C)cc1. The van der Waals surface area contributed by atoms with Crippen molar-refractivity contribution in [1.82, 2.24) is 9.21 Å². The van der Waals surface area contributed by atoms with E-state index in [1.807, 2.05) is 39.8 Å². The van der Waals surface area contributed by atoms with Gasteiger partial charge >= 0.3 is 0 Å². The highest BCUT2D eigenvalue weighted by molar-refractivity contribution is 7.89. The van der Waals surface area contributed by atoms with Crippen molar-refractivity contribution in [2.45, 2.75) is 52.1 Å². The first kappa shape index (κ1) is 27.0. The molecule has 0 N–H and O–H groups in total. The van der Waals surface area contributed by atoms with E-state index in [2.05, 4.69) is 0 Å². The summed E-state index contributed by atoms with van der Waals surface area (Å²) in [6.45, 7) is 8.50. The molecule has 188 valence electrons. The summed E-state index contributed by atoms with van der Waals surface area (Å²) < 4.78 is 41.8. The Kier molecular flexibility index (Phi) is 9.21. The highest BCUT2D eigenvalue weighted by atomic mass is 32.2. The molecule has 0 aliphatic heterocycles. The Balaban J connectivity index is 1.89. The first-order valence-corrected chi connectivity index (χ1v) is 14.0. The van der Waals surface area contributed by atoms with Crippen molar-refractivity contribution in [3.8, 4) is 0 Å². The molecule has 0 spiro atoms. The number of carbonyl (C=O) groups excluding carboxylic acids is 1. The molecule has 0 saturated carbocycles. The number of rotatable bonds is 11. The molecule has 0 saturated heterocycles. The van der Waals surface area contributed by atoms with E-state index in [9.17, 15) is 17.6 Å². The van der Waals surface area contributed by atoms with Crippen LogP contribution in [-0.4, -0.2) is 36.6 Å². The molecule has 0 radical (unpaired) electrons. The highest BCUT2D eigenvalue weighted by Crippen LogP contribution is 2.22. The van der Waals surface area contributed by atoms with Gasteiger partial charge in [0, 0.05) is 22.8 Å². The van der Waals surface area contributed by atoms with Crippen LogP contribution in [0.1, 0.15) is 41.1 Å². The minimum atomic E-state index is -3.86. The first-order valence-electron chi connectivity index (χ1n) is 11.7. The van der Waals surface area contributed by atoms with Gasteiger partial charge in [-0.05, 0) is 61.7 Å². The molecule has 35 heavy (non-hydrogen) atoms. The molecule has 2 aromatic carbocycles. The smallest absolute Gasteiger partial charge is 0.243 e. The number of nitrogens with zero attached hydrogens (tertiary/aromatic N) is 2. The van der Waals surface area contributed by atoms with Crippen LogP contribution in [0.3, 0.4) is 0 Å². The zero-order chi connectivity index (χ0) is 25.6. The van der Waals surface area contributed by atoms with Gasteiger partial charge in [-0.25, -0.2) is 12.8 Å².